The van der Waals surface area contributed by atoms with Crippen molar-refractivity contribution in [2.24, 2.45) is 4.99 Å². The number of benzene rings is 2. The zero-order valence-electron chi connectivity index (χ0n) is 22.8. The number of nitrogens with one attached hydrogen (secondary N) is 1. The van der Waals surface area contributed by atoms with E-state index in [4.69, 9.17) is 18.9 Å². The lowest BCUT2D eigenvalue weighted by Crippen LogP contribution is -2.38. The van der Waals surface area contributed by atoms with E-state index in [1.54, 1.807) is 14.0 Å². The SMILES string of the molecule is COC(=O)C1=C(C)N=C2SC=C(CC(=O)NC[C@@H]3CCCO3)N2[C@@H]1c1ccc(OCc2ccccc2)c(OC)c1. The highest BCUT2D eigenvalue weighted by Crippen LogP contribution is 2.46. The van der Waals surface area contributed by atoms with Gasteiger partial charge in [-0.2, -0.15) is 0 Å². The van der Waals surface area contributed by atoms with Crippen LogP contribution in [-0.2, 0) is 25.7 Å². The molecule has 0 spiro atoms. The minimum atomic E-state index is -0.566. The highest BCUT2D eigenvalue weighted by Gasteiger charge is 2.41. The van der Waals surface area contributed by atoms with Gasteiger partial charge in [0.25, 0.3) is 0 Å². The monoisotopic (exact) mass is 563 g/mol. The molecule has 210 valence electrons. The molecule has 40 heavy (non-hydrogen) atoms. The first-order valence-corrected chi connectivity index (χ1v) is 14.1. The molecule has 1 N–H and O–H groups in total. The van der Waals surface area contributed by atoms with Gasteiger partial charge in [-0.3, -0.25) is 4.79 Å². The smallest absolute Gasteiger partial charge is 0.338 e. The Morgan fingerprint density at radius 1 is 1.15 bits per heavy atom. The van der Waals surface area contributed by atoms with Crippen molar-refractivity contribution in [1.29, 1.82) is 0 Å². The maximum absolute atomic E-state index is 13.1. The van der Waals surface area contributed by atoms with E-state index in [2.05, 4.69) is 10.3 Å². The van der Waals surface area contributed by atoms with Crippen LogP contribution in [-0.4, -0.2) is 55.4 Å². The number of ether oxygens (including phenoxy) is 4. The first-order valence-electron chi connectivity index (χ1n) is 13.2. The number of allylic oxidation sites excluding steroid dienone is 1. The Balaban J connectivity index is 1.41. The minimum absolute atomic E-state index is 0.0577. The quantitative estimate of drug-likeness (QED) is 0.415. The molecule has 0 saturated carbocycles. The number of thioether (sulfide) groups is 1. The van der Waals surface area contributed by atoms with E-state index < -0.39 is 12.0 Å². The third kappa shape index (κ3) is 6.03. The predicted octanol–water partition coefficient (Wildman–Crippen LogP) is 4.71. The van der Waals surface area contributed by atoms with E-state index in [9.17, 15) is 9.59 Å². The zero-order chi connectivity index (χ0) is 28.1. The number of hydrogen-bond donors (Lipinski definition) is 1. The third-order valence-corrected chi connectivity index (χ3v) is 7.93. The summed E-state index contributed by atoms with van der Waals surface area (Å²) in [5.41, 5.74) is 3.53. The summed E-state index contributed by atoms with van der Waals surface area (Å²) in [5, 5.41) is 5.60. The third-order valence-electron chi connectivity index (χ3n) is 7.04. The number of methoxy groups -OCH3 is 2. The van der Waals surface area contributed by atoms with Gasteiger partial charge in [-0.25, -0.2) is 9.79 Å². The van der Waals surface area contributed by atoms with Crippen LogP contribution in [0, 0.1) is 0 Å². The van der Waals surface area contributed by atoms with Gasteiger partial charge in [-0.1, -0.05) is 48.2 Å². The molecule has 3 heterocycles. The van der Waals surface area contributed by atoms with Crippen LogP contribution >= 0.6 is 11.8 Å². The summed E-state index contributed by atoms with van der Waals surface area (Å²) in [6.07, 6.45) is 2.16. The van der Waals surface area contributed by atoms with Crippen LogP contribution < -0.4 is 14.8 Å². The van der Waals surface area contributed by atoms with Crippen molar-refractivity contribution >= 4 is 28.8 Å². The topological polar surface area (TPSA) is 98.7 Å². The lowest BCUT2D eigenvalue weighted by molar-refractivity contribution is -0.136. The number of fused-ring (bicyclic) bond motifs is 1. The number of carbonyl (C=O) groups is 2. The van der Waals surface area contributed by atoms with Crippen LogP contribution in [0.3, 0.4) is 0 Å². The van der Waals surface area contributed by atoms with E-state index in [-0.39, 0.29) is 18.4 Å². The average molecular weight is 564 g/mol. The van der Waals surface area contributed by atoms with Gasteiger partial charge in [0.2, 0.25) is 5.91 Å². The Morgan fingerprint density at radius 3 is 2.70 bits per heavy atom. The van der Waals surface area contributed by atoms with Crippen LogP contribution in [0.25, 0.3) is 0 Å². The van der Waals surface area contributed by atoms with Crippen LogP contribution in [0.15, 0.2) is 75.9 Å². The van der Waals surface area contributed by atoms with Gasteiger partial charge in [0.05, 0.1) is 44.1 Å². The molecule has 0 unspecified atom stereocenters. The maximum atomic E-state index is 13.1. The molecule has 1 fully saturated rings. The molecule has 1 amide bonds. The summed E-state index contributed by atoms with van der Waals surface area (Å²) in [4.78, 5) is 32.6. The molecule has 0 aliphatic carbocycles. The zero-order valence-corrected chi connectivity index (χ0v) is 23.7. The molecule has 0 bridgehead atoms. The molecule has 2 aromatic carbocycles. The van der Waals surface area contributed by atoms with E-state index in [1.807, 2.05) is 58.8 Å². The standard InChI is InChI=1S/C30H33N3O6S/c1-19-27(29(35)37-3)28(21-11-12-24(25(14-21)36-2)39-17-20-8-5-4-6-9-20)33-22(18-40-30(33)32-19)15-26(34)31-16-23-10-7-13-38-23/h4-6,8-9,11-12,14,18,23,28H,7,10,13,15-17H2,1-3H3,(H,31,34)/t23-,28+/m0/s1. The van der Waals surface area contributed by atoms with Gasteiger partial charge in [-0.05, 0) is 48.4 Å². The van der Waals surface area contributed by atoms with Crippen molar-refractivity contribution < 1.29 is 28.5 Å². The van der Waals surface area contributed by atoms with Gasteiger partial charge in [-0.15, -0.1) is 0 Å². The van der Waals surface area contributed by atoms with Crippen LogP contribution in [0.2, 0.25) is 0 Å². The maximum Gasteiger partial charge on any atom is 0.338 e. The molecule has 1 saturated heterocycles. The van der Waals surface area contributed by atoms with Crippen molar-refractivity contribution in [3.05, 3.63) is 82.0 Å². The molecule has 2 atom stereocenters. The van der Waals surface area contributed by atoms with Gasteiger partial charge in [0.15, 0.2) is 16.7 Å². The fourth-order valence-corrected chi connectivity index (χ4v) is 5.99. The van der Waals surface area contributed by atoms with E-state index in [1.165, 1.54) is 18.9 Å². The van der Waals surface area contributed by atoms with Crippen molar-refractivity contribution in [2.45, 2.75) is 44.9 Å². The van der Waals surface area contributed by atoms with E-state index in [0.29, 0.717) is 41.1 Å². The first kappa shape index (κ1) is 27.8. The number of nitrogens with zero attached hydrogens (tertiary/aromatic N) is 2. The second-order valence-electron chi connectivity index (χ2n) is 9.69. The first-order chi connectivity index (χ1) is 19.5. The fraction of sp³-hybridized carbons (Fsp3) is 0.367. The predicted molar refractivity (Wildman–Crippen MR) is 153 cm³/mol. The number of aliphatic imine (C=N–C) groups is 1. The van der Waals surface area contributed by atoms with Crippen LogP contribution in [0.1, 0.15) is 43.4 Å². The minimum Gasteiger partial charge on any atom is -0.493 e. The van der Waals surface area contributed by atoms with Gasteiger partial charge in [0, 0.05) is 18.8 Å². The molecule has 9 nitrogen and oxygen atoms in total. The Bertz CT molecular complexity index is 1350. The molecule has 5 rings (SSSR count). The largest absolute Gasteiger partial charge is 0.493 e. The van der Waals surface area contributed by atoms with Crippen molar-refractivity contribution in [3.63, 3.8) is 0 Å². The Hall–Kier alpha value is -3.76. The van der Waals surface area contributed by atoms with Gasteiger partial charge in [0.1, 0.15) is 6.61 Å². The van der Waals surface area contributed by atoms with Crippen LogP contribution in [0.5, 0.6) is 11.5 Å². The Labute approximate surface area is 238 Å². The second kappa shape index (κ2) is 12.6. The average Bonchev–Trinajstić information content (AvgIpc) is 3.64. The number of carbonyl (C=O) groups excluding carboxylic acids is 2. The highest BCUT2D eigenvalue weighted by atomic mass is 32.2. The van der Waals surface area contributed by atoms with Crippen molar-refractivity contribution in [1.82, 2.24) is 10.2 Å². The second-order valence-corrected chi connectivity index (χ2v) is 10.5. The number of amides is 1. The lowest BCUT2D eigenvalue weighted by atomic mass is 9.93. The number of rotatable bonds is 10. The summed E-state index contributed by atoms with van der Waals surface area (Å²) in [7, 11) is 2.94. The summed E-state index contributed by atoms with van der Waals surface area (Å²) in [6, 6.07) is 14.9. The Morgan fingerprint density at radius 2 is 1.98 bits per heavy atom. The number of amidine groups is 1. The molecule has 0 aromatic heterocycles. The van der Waals surface area contributed by atoms with Crippen molar-refractivity contribution in [3.8, 4) is 11.5 Å². The summed E-state index contributed by atoms with van der Waals surface area (Å²) < 4.78 is 22.6. The lowest BCUT2D eigenvalue weighted by Gasteiger charge is -2.36. The molecule has 10 heteroatoms. The van der Waals surface area contributed by atoms with Crippen LogP contribution in [0.4, 0.5) is 0 Å². The summed E-state index contributed by atoms with van der Waals surface area (Å²) in [6.45, 7) is 3.40. The normalized spacial score (nSPS) is 20.0. The molecule has 3 aliphatic rings. The fourth-order valence-electron chi connectivity index (χ4n) is 5.02. The number of esters is 1. The molecular formula is C30H33N3O6S. The van der Waals surface area contributed by atoms with Gasteiger partial charge < -0.3 is 29.2 Å². The van der Waals surface area contributed by atoms with Gasteiger partial charge >= 0.3 is 5.97 Å². The molecule has 2 aromatic rings. The summed E-state index contributed by atoms with van der Waals surface area (Å²) >= 11 is 1.43. The molecular weight excluding hydrogens is 530 g/mol. The highest BCUT2D eigenvalue weighted by molar-refractivity contribution is 8.16. The molecule has 3 aliphatic heterocycles. The summed E-state index contributed by atoms with van der Waals surface area (Å²) in [5.74, 6) is 0.523. The number of hydrogen-bond acceptors (Lipinski definition) is 9. The van der Waals surface area contributed by atoms with E-state index >= 15 is 0 Å². The van der Waals surface area contributed by atoms with Crippen molar-refractivity contribution in [2.75, 3.05) is 27.4 Å². The molecule has 0 radical (unpaired) electrons. The Kier molecular flexibility index (Phi) is 8.76. The van der Waals surface area contributed by atoms with E-state index in [0.717, 1.165) is 36.3 Å².